The van der Waals surface area contributed by atoms with Gasteiger partial charge in [0.15, 0.2) is 0 Å². The van der Waals surface area contributed by atoms with Crippen LogP contribution < -0.4 is 5.14 Å². The van der Waals surface area contributed by atoms with E-state index in [1.807, 2.05) is 0 Å². The normalized spacial score (nSPS) is 26.3. The third-order valence-electron chi connectivity index (χ3n) is 2.11. The van der Waals surface area contributed by atoms with Crippen LogP contribution in [0, 0.1) is 0 Å². The molecule has 0 spiro atoms. The maximum Gasteiger partial charge on any atom is 0.277 e. The maximum atomic E-state index is 10.9. The monoisotopic (exact) mass is 194 g/mol. The van der Waals surface area contributed by atoms with Crippen LogP contribution in [0.25, 0.3) is 0 Å². The van der Waals surface area contributed by atoms with Gasteiger partial charge in [0.25, 0.3) is 10.2 Å². The summed E-state index contributed by atoms with van der Waals surface area (Å²) in [6, 6.07) is -0.0926. The molecule has 1 atom stereocenters. The average Bonchev–Trinajstić information content (AvgIpc) is 2.34. The Morgan fingerprint density at radius 2 is 2.25 bits per heavy atom. The number of nitrogens with zero attached hydrogens (tertiary/aromatic N) is 1. The summed E-state index contributed by atoms with van der Waals surface area (Å²) in [5.41, 5.74) is 0. The first-order chi connectivity index (χ1) is 5.55. The van der Waals surface area contributed by atoms with Crippen molar-refractivity contribution in [3.8, 4) is 0 Å². The smallest absolute Gasteiger partial charge is 0.277 e. The van der Waals surface area contributed by atoms with E-state index in [1.54, 1.807) is 0 Å². The predicted octanol–water partition coefficient (Wildman–Crippen LogP) is -0.963. The Labute approximate surface area is 72.3 Å². The highest BCUT2D eigenvalue weighted by Crippen LogP contribution is 2.21. The van der Waals surface area contributed by atoms with Gasteiger partial charge in [0.05, 0.1) is 0 Å². The highest BCUT2D eigenvalue weighted by molar-refractivity contribution is 7.86. The minimum Gasteiger partial charge on any atom is -0.396 e. The molecule has 5 nitrogen and oxygen atoms in total. The van der Waals surface area contributed by atoms with Gasteiger partial charge >= 0.3 is 0 Å². The highest BCUT2D eigenvalue weighted by Gasteiger charge is 2.30. The van der Waals surface area contributed by atoms with Crippen molar-refractivity contribution in [3.63, 3.8) is 0 Å². The summed E-state index contributed by atoms with van der Waals surface area (Å²) in [4.78, 5) is 0. The van der Waals surface area contributed by atoms with Crippen LogP contribution in [-0.4, -0.2) is 37.0 Å². The molecule has 1 heterocycles. The summed E-state index contributed by atoms with van der Waals surface area (Å²) >= 11 is 0. The van der Waals surface area contributed by atoms with Crippen molar-refractivity contribution in [2.75, 3.05) is 13.2 Å². The van der Waals surface area contributed by atoms with Crippen LogP contribution in [0.15, 0.2) is 0 Å². The molecule has 1 unspecified atom stereocenters. The second-order valence-corrected chi connectivity index (χ2v) is 4.46. The molecule has 0 radical (unpaired) electrons. The van der Waals surface area contributed by atoms with Gasteiger partial charge in [-0.2, -0.15) is 12.7 Å². The number of aliphatic hydroxyl groups is 1. The lowest BCUT2D eigenvalue weighted by molar-refractivity contribution is 0.246. The van der Waals surface area contributed by atoms with E-state index in [2.05, 4.69) is 0 Å². The van der Waals surface area contributed by atoms with Gasteiger partial charge < -0.3 is 5.11 Å². The average molecular weight is 194 g/mol. The summed E-state index contributed by atoms with van der Waals surface area (Å²) in [6.07, 6.45) is 2.12. The SMILES string of the molecule is NS(=O)(=O)N1CCCC1CCO. The van der Waals surface area contributed by atoms with E-state index in [-0.39, 0.29) is 12.6 Å². The van der Waals surface area contributed by atoms with Gasteiger partial charge in [-0.3, -0.25) is 0 Å². The summed E-state index contributed by atoms with van der Waals surface area (Å²) in [5.74, 6) is 0. The standard InChI is InChI=1S/C6H14N2O3S/c7-12(10,11)8-4-1-2-6(8)3-5-9/h6,9H,1-5H2,(H2,7,10,11). The lowest BCUT2D eigenvalue weighted by Gasteiger charge is -2.20. The molecule has 3 N–H and O–H groups in total. The summed E-state index contributed by atoms with van der Waals surface area (Å²) in [7, 11) is -3.55. The molecular formula is C6H14N2O3S. The van der Waals surface area contributed by atoms with Crippen LogP contribution in [0.5, 0.6) is 0 Å². The number of aliphatic hydroxyl groups excluding tert-OH is 1. The molecule has 6 heteroatoms. The molecule has 12 heavy (non-hydrogen) atoms. The second-order valence-electron chi connectivity index (χ2n) is 2.96. The molecule has 0 amide bonds. The molecule has 1 aliphatic heterocycles. The van der Waals surface area contributed by atoms with E-state index in [4.69, 9.17) is 10.2 Å². The molecule has 1 fully saturated rings. The van der Waals surface area contributed by atoms with Gasteiger partial charge in [0, 0.05) is 19.2 Å². The van der Waals surface area contributed by atoms with Crippen LogP contribution in [0.4, 0.5) is 0 Å². The van der Waals surface area contributed by atoms with Crippen LogP contribution in [0.2, 0.25) is 0 Å². The van der Waals surface area contributed by atoms with Gasteiger partial charge in [-0.25, -0.2) is 5.14 Å². The first kappa shape index (κ1) is 9.91. The van der Waals surface area contributed by atoms with Gasteiger partial charge in [-0.15, -0.1) is 0 Å². The maximum absolute atomic E-state index is 10.9. The predicted molar refractivity (Wildman–Crippen MR) is 44.5 cm³/mol. The van der Waals surface area contributed by atoms with E-state index in [9.17, 15) is 8.42 Å². The molecule has 0 aromatic carbocycles. The van der Waals surface area contributed by atoms with Crippen molar-refractivity contribution in [1.82, 2.24) is 4.31 Å². The lowest BCUT2D eigenvalue weighted by atomic mass is 10.2. The zero-order valence-corrected chi connectivity index (χ0v) is 7.63. The molecule has 0 aliphatic carbocycles. The molecule has 72 valence electrons. The van der Waals surface area contributed by atoms with Crippen molar-refractivity contribution in [2.45, 2.75) is 25.3 Å². The molecule has 0 saturated carbocycles. The zero-order chi connectivity index (χ0) is 9.19. The molecule has 0 aromatic rings. The highest BCUT2D eigenvalue weighted by atomic mass is 32.2. The third kappa shape index (κ3) is 2.16. The molecule has 1 saturated heterocycles. The Hall–Kier alpha value is -0.170. The Kier molecular flexibility index (Phi) is 3.05. The fraction of sp³-hybridized carbons (Fsp3) is 1.00. The Morgan fingerprint density at radius 1 is 1.58 bits per heavy atom. The fourth-order valence-electron chi connectivity index (χ4n) is 1.58. The van der Waals surface area contributed by atoms with E-state index in [1.165, 1.54) is 4.31 Å². The largest absolute Gasteiger partial charge is 0.396 e. The van der Waals surface area contributed by atoms with Crippen molar-refractivity contribution in [1.29, 1.82) is 0 Å². The summed E-state index contributed by atoms with van der Waals surface area (Å²) < 4.78 is 23.1. The third-order valence-corrected chi connectivity index (χ3v) is 3.25. The number of hydrogen-bond acceptors (Lipinski definition) is 3. The first-order valence-electron chi connectivity index (χ1n) is 3.96. The van der Waals surface area contributed by atoms with Crippen molar-refractivity contribution in [3.05, 3.63) is 0 Å². The van der Waals surface area contributed by atoms with Crippen LogP contribution in [-0.2, 0) is 10.2 Å². The van der Waals surface area contributed by atoms with Crippen LogP contribution in [0.1, 0.15) is 19.3 Å². The molecule has 0 aromatic heterocycles. The molecule has 1 aliphatic rings. The van der Waals surface area contributed by atoms with Crippen LogP contribution in [0.3, 0.4) is 0 Å². The second kappa shape index (κ2) is 3.69. The van der Waals surface area contributed by atoms with Gasteiger partial charge in [-0.05, 0) is 19.3 Å². The fourth-order valence-corrected chi connectivity index (χ4v) is 2.59. The van der Waals surface area contributed by atoms with E-state index >= 15 is 0 Å². The number of hydrogen-bond donors (Lipinski definition) is 2. The van der Waals surface area contributed by atoms with Crippen LogP contribution >= 0.6 is 0 Å². The zero-order valence-electron chi connectivity index (χ0n) is 6.81. The lowest BCUT2D eigenvalue weighted by Crippen LogP contribution is -2.40. The molecular weight excluding hydrogens is 180 g/mol. The van der Waals surface area contributed by atoms with Crippen molar-refractivity contribution >= 4 is 10.2 Å². The Balaban J connectivity index is 2.64. The number of nitrogens with two attached hydrogens (primary N) is 1. The topological polar surface area (TPSA) is 83.6 Å². The first-order valence-corrected chi connectivity index (χ1v) is 5.46. The minimum absolute atomic E-state index is 0.0106. The molecule has 1 rings (SSSR count). The van der Waals surface area contributed by atoms with E-state index in [0.717, 1.165) is 12.8 Å². The minimum atomic E-state index is -3.55. The summed E-state index contributed by atoms with van der Waals surface area (Å²) in [6.45, 7) is 0.500. The quantitative estimate of drug-likeness (QED) is 0.606. The van der Waals surface area contributed by atoms with Gasteiger partial charge in [-0.1, -0.05) is 0 Å². The Morgan fingerprint density at radius 3 is 2.75 bits per heavy atom. The Bertz CT molecular complexity index is 239. The molecule has 0 bridgehead atoms. The van der Waals surface area contributed by atoms with E-state index in [0.29, 0.717) is 13.0 Å². The number of rotatable bonds is 3. The van der Waals surface area contributed by atoms with Gasteiger partial charge in [0.2, 0.25) is 0 Å². The van der Waals surface area contributed by atoms with Gasteiger partial charge in [0.1, 0.15) is 0 Å². The summed E-state index contributed by atoms with van der Waals surface area (Å²) in [5, 5.41) is 13.6. The van der Waals surface area contributed by atoms with Crippen molar-refractivity contribution < 1.29 is 13.5 Å². The van der Waals surface area contributed by atoms with E-state index < -0.39 is 10.2 Å². The van der Waals surface area contributed by atoms with Crippen molar-refractivity contribution in [2.24, 2.45) is 5.14 Å².